The second-order valence-electron chi connectivity index (χ2n) is 24.0. The van der Waals surface area contributed by atoms with Crippen LogP contribution in [-0.2, 0) is 46.0 Å². The first-order valence-corrected chi connectivity index (χ1v) is 34.3. The first-order chi connectivity index (χ1) is 43.5. The molecule has 0 bridgehead atoms. The number of benzene rings is 4. The van der Waals surface area contributed by atoms with E-state index < -0.39 is 26.2 Å². The molecule has 4 aliphatic rings. The van der Waals surface area contributed by atoms with E-state index in [1.165, 1.54) is 8.61 Å². The lowest BCUT2D eigenvalue weighted by molar-refractivity contribution is 0.110. The normalized spacial score (nSPS) is 19.8. The number of hydrogen-bond donors (Lipinski definition) is 4. The number of rotatable bonds is 25. The number of nitriles is 1. The molecular weight excluding hydrogens is 1270 g/mol. The first kappa shape index (κ1) is 66.9. The molecule has 91 heavy (non-hydrogen) atoms. The summed E-state index contributed by atoms with van der Waals surface area (Å²) in [5.41, 5.74) is 6.74. The van der Waals surface area contributed by atoms with Crippen molar-refractivity contribution in [3.8, 4) is 29.1 Å². The molecule has 4 N–H and O–H groups in total. The largest absolute Gasteiger partial charge is 0.493 e. The second-order valence-corrected chi connectivity index (χ2v) is 29.2. The van der Waals surface area contributed by atoms with Crippen LogP contribution in [0.25, 0.3) is 0 Å². The van der Waals surface area contributed by atoms with Crippen LogP contribution < -0.4 is 40.2 Å². The van der Waals surface area contributed by atoms with Gasteiger partial charge in [0, 0.05) is 96.3 Å². The molecule has 21 nitrogen and oxygen atoms in total. The maximum absolute atomic E-state index is 13.9. The second kappa shape index (κ2) is 29.3. The summed E-state index contributed by atoms with van der Waals surface area (Å²) in [4.78, 5) is 38.5. The van der Waals surface area contributed by atoms with Crippen molar-refractivity contribution in [2.75, 3.05) is 80.7 Å². The predicted octanol–water partition coefficient (Wildman–Crippen LogP) is 9.40. The number of likely N-dealkylation sites (N-methyl/N-ethyl adjacent to an activating group) is 2. The summed E-state index contributed by atoms with van der Waals surface area (Å²) in [5.74, 6) is 2.15. The van der Waals surface area contributed by atoms with E-state index in [1.54, 1.807) is 85.2 Å². The van der Waals surface area contributed by atoms with Crippen molar-refractivity contribution in [3.63, 3.8) is 0 Å². The number of carbonyl (C=O) groups excluding carboxylic acids is 2. The molecule has 4 amide bonds. The van der Waals surface area contributed by atoms with E-state index in [4.69, 9.17) is 53.8 Å². The van der Waals surface area contributed by atoms with Gasteiger partial charge in [0.05, 0.1) is 71.2 Å². The molecule has 2 saturated heterocycles. The molecule has 0 radical (unpaired) electrons. The Bertz CT molecular complexity index is 3930. The Morgan fingerprint density at radius 1 is 0.615 bits per heavy atom. The fourth-order valence-corrected chi connectivity index (χ4v) is 16.2. The summed E-state index contributed by atoms with van der Waals surface area (Å²) in [7, 11) is 0.300. The van der Waals surface area contributed by atoms with Gasteiger partial charge in [0.25, 0.3) is 0 Å². The van der Waals surface area contributed by atoms with E-state index >= 15 is 0 Å². The Morgan fingerprint density at radius 3 is 1.52 bits per heavy atom. The number of aryl methyl sites for hydroxylation is 2. The van der Waals surface area contributed by atoms with Crippen LogP contribution in [0.15, 0.2) is 107 Å². The highest BCUT2D eigenvalue weighted by Crippen LogP contribution is 2.44. The number of aromatic nitrogens is 2. The number of hydrogen-bond acceptors (Lipinski definition) is 15. The van der Waals surface area contributed by atoms with Crippen molar-refractivity contribution in [2.45, 2.75) is 99.5 Å². The number of nitrogens with one attached hydrogen (secondary N) is 4. The smallest absolute Gasteiger partial charge is 0.315 e. The van der Waals surface area contributed by atoms with E-state index in [2.05, 4.69) is 47.1 Å². The van der Waals surface area contributed by atoms with Crippen LogP contribution in [0.4, 0.5) is 9.59 Å². The molecule has 484 valence electrons. The molecule has 0 saturated carbocycles. The highest BCUT2D eigenvalue weighted by Gasteiger charge is 2.41. The Hall–Kier alpha value is -6.98. The van der Waals surface area contributed by atoms with Crippen molar-refractivity contribution in [1.29, 1.82) is 5.26 Å². The molecular formula is C65H76Cl3N11O10S2. The molecule has 0 unspecified atom stereocenters. The summed E-state index contributed by atoms with van der Waals surface area (Å²) >= 11 is 19.4. The Kier molecular flexibility index (Phi) is 21.6. The Labute approximate surface area is 547 Å². The Balaban J connectivity index is 0.585. The molecule has 0 spiro atoms. The maximum atomic E-state index is 13.9. The number of amides is 4. The maximum Gasteiger partial charge on any atom is 0.315 e. The minimum absolute atomic E-state index is 0.00989. The van der Waals surface area contributed by atoms with Gasteiger partial charge in [0.15, 0.2) is 0 Å². The van der Waals surface area contributed by atoms with Crippen LogP contribution in [0, 0.1) is 37.0 Å². The van der Waals surface area contributed by atoms with Gasteiger partial charge in [-0.05, 0) is 181 Å². The van der Waals surface area contributed by atoms with Crippen LogP contribution in [-0.4, -0.2) is 150 Å². The van der Waals surface area contributed by atoms with Crippen molar-refractivity contribution in [3.05, 3.63) is 163 Å². The number of urea groups is 2. The molecule has 2 fully saturated rings. The van der Waals surface area contributed by atoms with Crippen LogP contribution in [0.2, 0.25) is 15.1 Å². The minimum atomic E-state index is -3.81. The van der Waals surface area contributed by atoms with Crippen LogP contribution in [0.3, 0.4) is 0 Å². The summed E-state index contributed by atoms with van der Waals surface area (Å²) < 4.78 is 84.0. The SMILES string of the molecule is Cc1cc(S(=O)(=O)N2CC[C@H](COc3ccnc(CNC(=O)NCCCCNC(=O)NCc4cc(OC[C@H]5CCN(S(=O)(=O)c6ccc(O[C@H]7c8cc(Cl)cc(C#N)c8C[C@@H]7N(C)C)c(C)c6)C5)ccn4)c3)C2)ccc1O[C@H]1c2cc(Cl)cc(Cl)c2C[C@@H]1N(C)C. The molecule has 6 atom stereocenters. The van der Waals surface area contributed by atoms with Gasteiger partial charge in [0.2, 0.25) is 20.0 Å². The summed E-state index contributed by atoms with van der Waals surface area (Å²) in [6, 6.07) is 25.4. The lowest BCUT2D eigenvalue weighted by Crippen LogP contribution is -2.37. The zero-order valence-electron chi connectivity index (χ0n) is 51.7. The fraction of sp³-hybridized carbons (Fsp3) is 0.431. The molecule has 4 heterocycles. The molecule has 2 aliphatic heterocycles. The fourth-order valence-electron chi connectivity index (χ4n) is 12.1. The van der Waals surface area contributed by atoms with Crippen LogP contribution in [0.1, 0.15) is 88.2 Å². The standard InChI is InChI=1S/C65H76Cl3N11O10S2/c1-40-23-51(9-11-60(40)88-62-55-26-45(66)25-44(33-69)53(55)31-58(62)76(3)4)90(82,83)78-21-15-42(36-78)38-86-49-13-19-70-47(29-49)34-74-64(80)72-17-7-8-18-73-65(81)75-35-48-30-50(14-20-71-48)87-39-43-16-22-79(37-43)91(84,85)52-10-12-61(41(2)24-52)89-63-56-27-46(67)28-57(68)54(56)32-59(63)77(5)6/h9-14,19-20,23-30,42-43,58-59,62-63H,7-8,15-18,21-22,31-32,34-39H2,1-6H3,(H2,72,74,80)(H2,73,75,81)/t42-,43-,58-,59-,62-,63-/m0/s1. The molecule has 4 aromatic carbocycles. The van der Waals surface area contributed by atoms with E-state index in [1.807, 2.05) is 54.2 Å². The number of nitrogens with zero attached hydrogens (tertiary/aromatic N) is 7. The molecule has 6 aromatic rings. The van der Waals surface area contributed by atoms with Crippen LogP contribution >= 0.6 is 34.8 Å². The molecule has 10 rings (SSSR count). The highest BCUT2D eigenvalue weighted by atomic mass is 35.5. The van der Waals surface area contributed by atoms with Gasteiger partial charge in [-0.15, -0.1) is 0 Å². The minimum Gasteiger partial charge on any atom is -0.493 e. The number of pyridine rings is 2. The third kappa shape index (κ3) is 16.1. The van der Waals surface area contributed by atoms with Crippen molar-refractivity contribution in [1.82, 2.24) is 49.6 Å². The van der Waals surface area contributed by atoms with E-state index in [9.17, 15) is 31.7 Å². The average Bonchev–Trinajstić information content (AvgIpc) is 1.95. The predicted molar refractivity (Wildman–Crippen MR) is 347 cm³/mol. The number of ether oxygens (including phenoxy) is 4. The van der Waals surface area contributed by atoms with Crippen molar-refractivity contribution in [2.24, 2.45) is 11.8 Å². The van der Waals surface area contributed by atoms with Gasteiger partial charge in [0.1, 0.15) is 35.2 Å². The van der Waals surface area contributed by atoms with E-state index in [0.717, 1.165) is 22.3 Å². The quantitative estimate of drug-likeness (QED) is 0.0390. The van der Waals surface area contributed by atoms with E-state index in [-0.39, 0.29) is 65.0 Å². The third-order valence-corrected chi connectivity index (χ3v) is 21.7. The van der Waals surface area contributed by atoms with Gasteiger partial charge in [-0.1, -0.05) is 34.8 Å². The van der Waals surface area contributed by atoms with Gasteiger partial charge in [-0.25, -0.2) is 26.4 Å². The molecule has 26 heteroatoms. The summed E-state index contributed by atoms with van der Waals surface area (Å²) in [5, 5.41) is 22.6. The number of unbranched alkanes of at least 4 members (excludes halogenated alkanes) is 1. The monoisotopic (exact) mass is 1340 g/mol. The number of carbonyl (C=O) groups is 2. The topological polar surface area (TPSA) is 250 Å². The lowest BCUT2D eigenvalue weighted by Gasteiger charge is -2.28. The van der Waals surface area contributed by atoms with Crippen LogP contribution in [0.5, 0.6) is 23.0 Å². The van der Waals surface area contributed by atoms with Gasteiger partial charge in [-0.2, -0.15) is 13.9 Å². The number of halogens is 3. The molecule has 2 aliphatic carbocycles. The van der Waals surface area contributed by atoms with Crippen molar-refractivity contribution >= 4 is 66.9 Å². The lowest BCUT2D eigenvalue weighted by atomic mass is 10.0. The van der Waals surface area contributed by atoms with Gasteiger partial charge < -0.3 is 50.0 Å². The average molecular weight is 1340 g/mol. The number of sulfonamides is 2. The van der Waals surface area contributed by atoms with Gasteiger partial charge >= 0.3 is 12.1 Å². The Morgan fingerprint density at radius 2 is 1.07 bits per heavy atom. The summed E-state index contributed by atoms with van der Waals surface area (Å²) in [6.07, 6.45) is 6.24. The third-order valence-electron chi connectivity index (χ3n) is 17.2. The number of fused-ring (bicyclic) bond motifs is 2. The van der Waals surface area contributed by atoms with E-state index in [0.29, 0.717) is 157 Å². The zero-order valence-corrected chi connectivity index (χ0v) is 55.6. The van der Waals surface area contributed by atoms with Gasteiger partial charge in [-0.3, -0.25) is 9.97 Å². The highest BCUT2D eigenvalue weighted by molar-refractivity contribution is 7.89. The summed E-state index contributed by atoms with van der Waals surface area (Å²) in [6.45, 7) is 6.63. The zero-order chi connectivity index (χ0) is 64.7. The first-order valence-electron chi connectivity index (χ1n) is 30.3. The van der Waals surface area contributed by atoms with Crippen molar-refractivity contribution < 1.29 is 45.4 Å². The molecule has 2 aromatic heterocycles.